The second-order valence-corrected chi connectivity index (χ2v) is 5.75. The summed E-state index contributed by atoms with van der Waals surface area (Å²) < 4.78 is 7.77. The Hall–Kier alpha value is -1.70. The number of nitrogens with one attached hydrogen (secondary N) is 1. The van der Waals surface area contributed by atoms with Gasteiger partial charge in [-0.25, -0.2) is 4.98 Å². The van der Waals surface area contributed by atoms with Crippen LogP contribution in [0.15, 0.2) is 30.0 Å². The number of nitrogens with zero attached hydrogens (tertiary/aromatic N) is 4. The molecule has 3 aromatic rings. The van der Waals surface area contributed by atoms with Gasteiger partial charge in [0.2, 0.25) is 0 Å². The molecule has 4 heterocycles. The summed E-state index contributed by atoms with van der Waals surface area (Å²) in [7, 11) is 0. The maximum atomic E-state index is 5.62. The number of rotatable bonds is 3. The summed E-state index contributed by atoms with van der Waals surface area (Å²) in [4.78, 5) is 7.90. The molecule has 1 saturated heterocycles. The van der Waals surface area contributed by atoms with Gasteiger partial charge in [0, 0.05) is 30.9 Å². The molecule has 4 rings (SSSR count). The third-order valence-corrected chi connectivity index (χ3v) is 4.48. The number of hydrogen-bond donors (Lipinski definition) is 1. The number of ether oxygens (including phenoxy) is 1. The van der Waals surface area contributed by atoms with E-state index < -0.39 is 0 Å². The molecule has 7 heteroatoms. The van der Waals surface area contributed by atoms with Crippen LogP contribution in [-0.2, 0) is 11.3 Å². The van der Waals surface area contributed by atoms with Gasteiger partial charge in [-0.05, 0) is 6.07 Å². The Balaban J connectivity index is 1.61. The molecule has 1 unspecified atom stereocenters. The van der Waals surface area contributed by atoms with Crippen LogP contribution in [0.4, 0.5) is 0 Å². The van der Waals surface area contributed by atoms with Crippen molar-refractivity contribution in [2.45, 2.75) is 12.6 Å². The van der Waals surface area contributed by atoms with Crippen molar-refractivity contribution in [3.63, 3.8) is 0 Å². The molecule has 1 atom stereocenters. The molecular weight excluding hydrogens is 274 g/mol. The zero-order chi connectivity index (χ0) is 13.4. The van der Waals surface area contributed by atoms with Crippen LogP contribution < -0.4 is 0 Å². The molecule has 0 spiro atoms. The molecule has 1 aliphatic rings. The first-order valence-corrected chi connectivity index (χ1v) is 7.50. The van der Waals surface area contributed by atoms with Crippen LogP contribution in [0.2, 0.25) is 0 Å². The monoisotopic (exact) mass is 289 g/mol. The predicted molar refractivity (Wildman–Crippen MR) is 75.6 cm³/mol. The molecule has 1 N–H and O–H groups in total. The van der Waals surface area contributed by atoms with Gasteiger partial charge in [0.1, 0.15) is 0 Å². The Morgan fingerprint density at radius 2 is 2.50 bits per heavy atom. The summed E-state index contributed by atoms with van der Waals surface area (Å²) in [6, 6.07) is 2.25. The fraction of sp³-hybridized carbons (Fsp3) is 0.385. The van der Waals surface area contributed by atoms with Crippen molar-refractivity contribution in [1.29, 1.82) is 0 Å². The van der Waals surface area contributed by atoms with E-state index in [-0.39, 0.29) is 6.04 Å². The zero-order valence-electron chi connectivity index (χ0n) is 10.9. The first kappa shape index (κ1) is 12.1. The Morgan fingerprint density at radius 3 is 3.40 bits per heavy atom. The summed E-state index contributed by atoms with van der Waals surface area (Å²) in [5, 5.41) is 9.17. The smallest absolute Gasteiger partial charge is 0.193 e. The first-order chi connectivity index (χ1) is 9.92. The van der Waals surface area contributed by atoms with Crippen molar-refractivity contribution in [2.75, 3.05) is 19.8 Å². The largest absolute Gasteiger partial charge is 0.378 e. The van der Waals surface area contributed by atoms with E-state index in [1.54, 1.807) is 17.5 Å². The zero-order valence-corrected chi connectivity index (χ0v) is 11.7. The average Bonchev–Trinajstić information content (AvgIpc) is 3.18. The van der Waals surface area contributed by atoms with Gasteiger partial charge in [-0.3, -0.25) is 14.4 Å². The van der Waals surface area contributed by atoms with Gasteiger partial charge in [-0.15, -0.1) is 11.3 Å². The Labute approximate surface area is 120 Å². The van der Waals surface area contributed by atoms with Crippen LogP contribution in [0.3, 0.4) is 0 Å². The first-order valence-electron chi connectivity index (χ1n) is 6.62. The molecule has 0 saturated carbocycles. The van der Waals surface area contributed by atoms with Crippen molar-refractivity contribution in [2.24, 2.45) is 0 Å². The number of aromatic amines is 1. The molecular formula is C13H15N5OS. The van der Waals surface area contributed by atoms with E-state index in [0.717, 1.165) is 30.4 Å². The maximum Gasteiger partial charge on any atom is 0.193 e. The number of H-pyrrole nitrogens is 1. The van der Waals surface area contributed by atoms with Crippen LogP contribution in [0.1, 0.15) is 17.4 Å². The van der Waals surface area contributed by atoms with Crippen LogP contribution in [0.5, 0.6) is 0 Å². The summed E-state index contributed by atoms with van der Waals surface area (Å²) in [6.45, 7) is 3.26. The SMILES string of the molecule is c1cc(C2COCCN2Cc2cnc3sccn23)[nH]n1. The van der Waals surface area contributed by atoms with Crippen molar-refractivity contribution in [3.05, 3.63) is 41.4 Å². The molecule has 1 fully saturated rings. The third-order valence-electron chi connectivity index (χ3n) is 3.71. The van der Waals surface area contributed by atoms with E-state index in [1.165, 1.54) is 5.69 Å². The minimum Gasteiger partial charge on any atom is -0.378 e. The van der Waals surface area contributed by atoms with Gasteiger partial charge in [-0.2, -0.15) is 5.10 Å². The molecule has 0 amide bonds. The fourth-order valence-electron chi connectivity index (χ4n) is 2.67. The summed E-state index contributed by atoms with van der Waals surface area (Å²) in [5.74, 6) is 0. The summed E-state index contributed by atoms with van der Waals surface area (Å²) in [5.41, 5.74) is 2.32. The second-order valence-electron chi connectivity index (χ2n) is 4.88. The van der Waals surface area contributed by atoms with Crippen LogP contribution in [0, 0.1) is 0 Å². The Bertz CT molecular complexity index is 689. The average molecular weight is 289 g/mol. The van der Waals surface area contributed by atoms with E-state index >= 15 is 0 Å². The highest BCUT2D eigenvalue weighted by Crippen LogP contribution is 2.25. The Kier molecular flexibility index (Phi) is 3.02. The lowest BCUT2D eigenvalue weighted by molar-refractivity contribution is -0.0149. The number of fused-ring (bicyclic) bond motifs is 1. The van der Waals surface area contributed by atoms with E-state index in [1.807, 2.05) is 12.3 Å². The lowest BCUT2D eigenvalue weighted by atomic mass is 10.1. The summed E-state index contributed by atoms with van der Waals surface area (Å²) >= 11 is 1.66. The minimum absolute atomic E-state index is 0.232. The highest BCUT2D eigenvalue weighted by atomic mass is 32.1. The van der Waals surface area contributed by atoms with E-state index in [4.69, 9.17) is 4.74 Å². The molecule has 0 radical (unpaired) electrons. The van der Waals surface area contributed by atoms with Gasteiger partial charge in [0.15, 0.2) is 4.96 Å². The van der Waals surface area contributed by atoms with Crippen molar-refractivity contribution >= 4 is 16.3 Å². The minimum atomic E-state index is 0.232. The summed E-state index contributed by atoms with van der Waals surface area (Å²) in [6.07, 6.45) is 5.83. The Morgan fingerprint density at radius 1 is 1.50 bits per heavy atom. The highest BCUT2D eigenvalue weighted by Gasteiger charge is 2.26. The molecule has 0 aromatic carbocycles. The van der Waals surface area contributed by atoms with Gasteiger partial charge in [0.05, 0.1) is 36.8 Å². The standard InChI is InChI=1S/C13H15N5OS/c1-2-15-16-11(1)12-9-19-5-3-17(12)8-10-7-14-13-18(10)4-6-20-13/h1-2,4,6-7,12H,3,5,8-9H2,(H,15,16). The maximum absolute atomic E-state index is 5.62. The van der Waals surface area contributed by atoms with E-state index in [9.17, 15) is 0 Å². The van der Waals surface area contributed by atoms with Crippen molar-refractivity contribution in [3.8, 4) is 0 Å². The molecule has 1 aliphatic heterocycles. The van der Waals surface area contributed by atoms with Crippen LogP contribution in [-0.4, -0.2) is 44.2 Å². The van der Waals surface area contributed by atoms with Gasteiger partial charge in [0.25, 0.3) is 0 Å². The predicted octanol–water partition coefficient (Wildman–Crippen LogP) is 1.69. The van der Waals surface area contributed by atoms with E-state index in [2.05, 4.69) is 36.1 Å². The highest BCUT2D eigenvalue weighted by molar-refractivity contribution is 7.15. The molecule has 104 valence electrons. The van der Waals surface area contributed by atoms with Gasteiger partial charge < -0.3 is 4.74 Å². The second kappa shape index (κ2) is 5.01. The molecule has 0 bridgehead atoms. The fourth-order valence-corrected chi connectivity index (χ4v) is 3.38. The number of thiazole rings is 1. The number of morpholine rings is 1. The number of hydrogen-bond acceptors (Lipinski definition) is 5. The third kappa shape index (κ3) is 2.04. The molecule has 6 nitrogen and oxygen atoms in total. The van der Waals surface area contributed by atoms with Crippen molar-refractivity contribution in [1.82, 2.24) is 24.5 Å². The van der Waals surface area contributed by atoms with Crippen molar-refractivity contribution < 1.29 is 4.74 Å². The van der Waals surface area contributed by atoms with Gasteiger partial charge >= 0.3 is 0 Å². The lowest BCUT2D eigenvalue weighted by Crippen LogP contribution is -2.39. The quantitative estimate of drug-likeness (QED) is 0.797. The molecule has 3 aromatic heterocycles. The normalized spacial score (nSPS) is 20.7. The van der Waals surface area contributed by atoms with Crippen LogP contribution >= 0.6 is 11.3 Å². The molecule has 20 heavy (non-hydrogen) atoms. The van der Waals surface area contributed by atoms with Crippen LogP contribution in [0.25, 0.3) is 4.96 Å². The topological polar surface area (TPSA) is 58.5 Å². The molecule has 0 aliphatic carbocycles. The lowest BCUT2D eigenvalue weighted by Gasteiger charge is -2.34. The van der Waals surface area contributed by atoms with Gasteiger partial charge in [-0.1, -0.05) is 0 Å². The number of imidazole rings is 1. The van der Waals surface area contributed by atoms with E-state index in [0.29, 0.717) is 6.61 Å². The number of aromatic nitrogens is 4.